The van der Waals surface area contributed by atoms with Crippen LogP contribution in [0.5, 0.6) is 0 Å². The topological polar surface area (TPSA) is 47.2 Å². The number of aryl methyl sites for hydroxylation is 1. The predicted molar refractivity (Wildman–Crippen MR) is 128 cm³/mol. The predicted octanol–water partition coefficient (Wildman–Crippen LogP) is 5.09. The van der Waals surface area contributed by atoms with Crippen molar-refractivity contribution >= 4 is 43.8 Å². The first-order valence-electron chi connectivity index (χ1n) is 10.9. The number of likely N-dealkylation sites (N-methyl/N-ethyl adjacent to an activating group) is 1. The van der Waals surface area contributed by atoms with Crippen LogP contribution in [0, 0.1) is 0 Å². The van der Waals surface area contributed by atoms with E-state index in [-0.39, 0.29) is 0 Å². The van der Waals surface area contributed by atoms with Gasteiger partial charge in [0.05, 0.1) is 5.69 Å². The SMILES string of the molecule is CN1CCN(CCCCc2cc3c(Nc4ccc5[nH]ccc5c4)ccnc3s2)CC1. The third-order valence-electron chi connectivity index (χ3n) is 6.06. The Kier molecular flexibility index (Phi) is 5.71. The van der Waals surface area contributed by atoms with Crippen LogP contribution >= 0.6 is 11.3 Å². The smallest absolute Gasteiger partial charge is 0.125 e. The molecule has 0 aliphatic carbocycles. The van der Waals surface area contributed by atoms with Crippen LogP contribution in [-0.4, -0.2) is 59.5 Å². The number of pyridine rings is 1. The lowest BCUT2D eigenvalue weighted by atomic mass is 10.1. The van der Waals surface area contributed by atoms with Crippen molar-refractivity contribution < 1.29 is 0 Å². The Balaban J connectivity index is 1.22. The maximum Gasteiger partial charge on any atom is 0.125 e. The Labute approximate surface area is 181 Å². The lowest BCUT2D eigenvalue weighted by molar-refractivity contribution is 0.152. The van der Waals surface area contributed by atoms with Gasteiger partial charge >= 0.3 is 0 Å². The molecule has 0 unspecified atom stereocenters. The highest BCUT2D eigenvalue weighted by atomic mass is 32.1. The number of piperazine rings is 1. The molecule has 2 N–H and O–H groups in total. The fourth-order valence-corrected chi connectivity index (χ4v) is 5.28. The summed E-state index contributed by atoms with van der Waals surface area (Å²) in [7, 11) is 2.22. The van der Waals surface area contributed by atoms with E-state index in [1.165, 1.54) is 61.2 Å². The van der Waals surface area contributed by atoms with E-state index in [1.807, 2.05) is 23.7 Å². The van der Waals surface area contributed by atoms with Crippen molar-refractivity contribution in [2.75, 3.05) is 45.1 Å². The van der Waals surface area contributed by atoms with Gasteiger partial charge in [0.25, 0.3) is 0 Å². The molecule has 1 aromatic carbocycles. The summed E-state index contributed by atoms with van der Waals surface area (Å²) in [5, 5.41) is 6.04. The van der Waals surface area contributed by atoms with Gasteiger partial charge in [0, 0.05) is 65.4 Å². The number of H-pyrrole nitrogens is 1. The molecule has 0 atom stereocenters. The molecule has 0 radical (unpaired) electrons. The van der Waals surface area contributed by atoms with E-state index >= 15 is 0 Å². The maximum atomic E-state index is 4.62. The number of unbranched alkanes of at least 4 members (excludes halogenated alkanes) is 1. The van der Waals surface area contributed by atoms with Crippen molar-refractivity contribution in [3.63, 3.8) is 0 Å². The Morgan fingerprint density at radius 1 is 1.07 bits per heavy atom. The lowest BCUT2D eigenvalue weighted by Crippen LogP contribution is -2.44. The summed E-state index contributed by atoms with van der Waals surface area (Å²) < 4.78 is 0. The van der Waals surface area contributed by atoms with Crippen molar-refractivity contribution in [2.45, 2.75) is 19.3 Å². The fraction of sp³-hybridized carbons (Fsp3) is 0.375. The van der Waals surface area contributed by atoms with E-state index in [4.69, 9.17) is 0 Å². The standard InChI is InChI=1S/C24H29N5S/c1-28-12-14-29(15-13-28)11-3-2-4-20-17-21-23(8-10-26-24(21)30-20)27-19-5-6-22-18(16-19)7-9-25-22/h5-10,16-17,25H,2-4,11-15H2,1H3,(H,26,27). The summed E-state index contributed by atoms with van der Waals surface area (Å²) in [6.45, 7) is 6.06. The lowest BCUT2D eigenvalue weighted by Gasteiger charge is -2.32. The molecule has 156 valence electrons. The number of hydrogen-bond acceptors (Lipinski definition) is 5. The molecule has 0 saturated carbocycles. The second-order valence-corrected chi connectivity index (χ2v) is 9.41. The zero-order chi connectivity index (χ0) is 20.3. The van der Waals surface area contributed by atoms with Crippen molar-refractivity contribution in [2.24, 2.45) is 0 Å². The van der Waals surface area contributed by atoms with Gasteiger partial charge in [0.15, 0.2) is 0 Å². The molecular weight excluding hydrogens is 390 g/mol. The van der Waals surface area contributed by atoms with Crippen molar-refractivity contribution in [1.29, 1.82) is 0 Å². The van der Waals surface area contributed by atoms with Gasteiger partial charge in [-0.25, -0.2) is 4.98 Å². The summed E-state index contributed by atoms with van der Waals surface area (Å²) in [5.74, 6) is 0. The zero-order valence-corrected chi connectivity index (χ0v) is 18.3. The number of hydrogen-bond donors (Lipinski definition) is 2. The van der Waals surface area contributed by atoms with Crippen LogP contribution in [-0.2, 0) is 6.42 Å². The van der Waals surface area contributed by atoms with E-state index in [9.17, 15) is 0 Å². The normalized spacial score (nSPS) is 15.9. The van der Waals surface area contributed by atoms with E-state index in [0.717, 1.165) is 28.1 Å². The van der Waals surface area contributed by atoms with Crippen LogP contribution in [0.2, 0.25) is 0 Å². The zero-order valence-electron chi connectivity index (χ0n) is 17.5. The third-order valence-corrected chi connectivity index (χ3v) is 7.17. The molecule has 3 aromatic heterocycles. The Hall–Kier alpha value is -2.41. The summed E-state index contributed by atoms with van der Waals surface area (Å²) in [6.07, 6.45) is 7.55. The molecule has 5 nitrogen and oxygen atoms in total. The number of aromatic amines is 1. The van der Waals surface area contributed by atoms with Gasteiger partial charge in [-0.15, -0.1) is 11.3 Å². The highest BCUT2D eigenvalue weighted by Crippen LogP contribution is 2.32. The first-order valence-corrected chi connectivity index (χ1v) is 11.7. The van der Waals surface area contributed by atoms with Gasteiger partial charge in [0.1, 0.15) is 4.83 Å². The Bertz CT molecular complexity index is 1120. The molecule has 0 spiro atoms. The molecule has 0 bridgehead atoms. The largest absolute Gasteiger partial charge is 0.361 e. The first kappa shape index (κ1) is 19.5. The second-order valence-electron chi connectivity index (χ2n) is 8.30. The van der Waals surface area contributed by atoms with Crippen molar-refractivity contribution in [3.05, 3.63) is 53.7 Å². The van der Waals surface area contributed by atoms with Gasteiger partial charge in [-0.3, -0.25) is 0 Å². The van der Waals surface area contributed by atoms with Gasteiger partial charge < -0.3 is 20.1 Å². The molecule has 1 aliphatic rings. The molecule has 1 saturated heterocycles. The minimum Gasteiger partial charge on any atom is -0.361 e. The molecule has 1 fully saturated rings. The maximum absolute atomic E-state index is 4.62. The number of fused-ring (bicyclic) bond motifs is 2. The van der Waals surface area contributed by atoms with E-state index in [1.54, 1.807) is 0 Å². The summed E-state index contributed by atoms with van der Waals surface area (Å²) in [6, 6.07) is 12.9. The molecule has 30 heavy (non-hydrogen) atoms. The van der Waals surface area contributed by atoms with Crippen molar-refractivity contribution in [1.82, 2.24) is 19.8 Å². The number of rotatable bonds is 7. The minimum atomic E-state index is 1.11. The van der Waals surface area contributed by atoms with Crippen LogP contribution in [0.1, 0.15) is 17.7 Å². The highest BCUT2D eigenvalue weighted by molar-refractivity contribution is 7.18. The van der Waals surface area contributed by atoms with Gasteiger partial charge in [-0.05, 0) is 69.3 Å². The number of nitrogens with zero attached hydrogens (tertiary/aromatic N) is 3. The Morgan fingerprint density at radius 2 is 1.97 bits per heavy atom. The summed E-state index contributed by atoms with van der Waals surface area (Å²) >= 11 is 1.84. The van der Waals surface area contributed by atoms with E-state index in [0.29, 0.717) is 0 Å². The molecule has 6 heteroatoms. The molecular formula is C24H29N5S. The van der Waals surface area contributed by atoms with Crippen LogP contribution in [0.25, 0.3) is 21.1 Å². The minimum absolute atomic E-state index is 1.11. The summed E-state index contributed by atoms with van der Waals surface area (Å²) in [5.41, 5.74) is 3.40. The quantitative estimate of drug-likeness (QED) is 0.410. The second kappa shape index (κ2) is 8.76. The molecule has 0 amide bonds. The third kappa shape index (κ3) is 4.36. The van der Waals surface area contributed by atoms with Gasteiger partial charge in [-0.2, -0.15) is 0 Å². The monoisotopic (exact) mass is 419 g/mol. The average Bonchev–Trinajstić information content (AvgIpc) is 3.39. The average molecular weight is 420 g/mol. The highest BCUT2D eigenvalue weighted by Gasteiger charge is 2.13. The number of benzene rings is 1. The van der Waals surface area contributed by atoms with Crippen LogP contribution in [0.4, 0.5) is 11.4 Å². The number of thiophene rings is 1. The molecule has 4 aromatic rings. The van der Waals surface area contributed by atoms with Gasteiger partial charge in [0.2, 0.25) is 0 Å². The van der Waals surface area contributed by atoms with Crippen LogP contribution < -0.4 is 5.32 Å². The molecule has 4 heterocycles. The van der Waals surface area contributed by atoms with Gasteiger partial charge in [-0.1, -0.05) is 0 Å². The van der Waals surface area contributed by atoms with E-state index in [2.05, 4.69) is 68.5 Å². The van der Waals surface area contributed by atoms with E-state index < -0.39 is 0 Å². The number of aromatic nitrogens is 2. The molecule has 5 rings (SSSR count). The first-order chi connectivity index (χ1) is 14.7. The summed E-state index contributed by atoms with van der Waals surface area (Å²) in [4.78, 5) is 15.4. The van der Waals surface area contributed by atoms with Crippen molar-refractivity contribution in [3.8, 4) is 0 Å². The molecule has 1 aliphatic heterocycles. The Morgan fingerprint density at radius 3 is 2.87 bits per heavy atom. The van der Waals surface area contributed by atoms with Crippen LogP contribution in [0.3, 0.4) is 0 Å². The number of anilines is 2. The van der Waals surface area contributed by atoms with Crippen LogP contribution in [0.15, 0.2) is 48.8 Å². The fourth-order valence-electron chi connectivity index (χ4n) is 4.21. The number of nitrogens with one attached hydrogen (secondary N) is 2.